The Balaban J connectivity index is 3.42. The first-order chi connectivity index (χ1) is 12.2. The van der Waals surface area contributed by atoms with E-state index in [1.54, 1.807) is 38.1 Å². The number of nitrogen functional groups attached to an aromatic ring is 1. The van der Waals surface area contributed by atoms with Crippen molar-refractivity contribution >= 4 is 34.7 Å². The van der Waals surface area contributed by atoms with E-state index >= 15 is 0 Å². The van der Waals surface area contributed by atoms with Gasteiger partial charge in [0, 0.05) is 17.3 Å². The van der Waals surface area contributed by atoms with Crippen LogP contribution in [0.3, 0.4) is 0 Å². The van der Waals surface area contributed by atoms with E-state index in [9.17, 15) is 14.3 Å². The first-order valence-corrected chi connectivity index (χ1v) is 8.15. The standard InChI is InChI=1S/C18H22ClFN4O2/c1-5-7-14(23-15(9-20)24-18(3,4)17(25)26)12(6-2)13-8-11(19)10-22-16(13)21/h5-10,24H,1-4H3,(H2,21,22)(H,25,26)/b7-5-,12-6+,15-9-,23-14?. The molecule has 0 amide bonds. The Morgan fingerprint density at radius 2 is 2.12 bits per heavy atom. The molecule has 1 heterocycles. The van der Waals surface area contributed by atoms with Gasteiger partial charge in [-0.25, -0.2) is 19.2 Å². The van der Waals surface area contributed by atoms with Crippen LogP contribution in [-0.4, -0.2) is 27.3 Å². The summed E-state index contributed by atoms with van der Waals surface area (Å²) in [4.78, 5) is 19.5. The van der Waals surface area contributed by atoms with Gasteiger partial charge < -0.3 is 16.2 Å². The molecule has 0 fully saturated rings. The highest BCUT2D eigenvalue weighted by atomic mass is 35.5. The van der Waals surface area contributed by atoms with Crippen LogP contribution in [0.4, 0.5) is 10.2 Å². The zero-order valence-corrected chi connectivity index (χ0v) is 15.8. The fourth-order valence-corrected chi connectivity index (χ4v) is 2.19. The number of pyridine rings is 1. The lowest BCUT2D eigenvalue weighted by Gasteiger charge is -2.22. The van der Waals surface area contributed by atoms with Gasteiger partial charge in [-0.2, -0.15) is 0 Å². The van der Waals surface area contributed by atoms with E-state index in [1.165, 1.54) is 20.0 Å². The zero-order chi connectivity index (χ0) is 19.9. The van der Waals surface area contributed by atoms with Crippen LogP contribution in [0.15, 0.2) is 47.6 Å². The van der Waals surface area contributed by atoms with Crippen LogP contribution in [0.2, 0.25) is 5.02 Å². The van der Waals surface area contributed by atoms with Gasteiger partial charge in [0.1, 0.15) is 17.7 Å². The third-order valence-corrected chi connectivity index (χ3v) is 3.59. The number of aliphatic imine (C=N–C) groups is 1. The minimum absolute atomic E-state index is 0.209. The molecule has 4 N–H and O–H groups in total. The fourth-order valence-electron chi connectivity index (χ4n) is 2.04. The molecule has 0 saturated heterocycles. The van der Waals surface area contributed by atoms with Gasteiger partial charge in [-0.3, -0.25) is 0 Å². The number of rotatable bonds is 7. The molecular weight excluding hydrogens is 359 g/mol. The molecule has 6 nitrogen and oxygen atoms in total. The number of carboxylic acid groups (broad SMARTS) is 1. The molecule has 140 valence electrons. The number of anilines is 1. The van der Waals surface area contributed by atoms with Crippen molar-refractivity contribution in [2.24, 2.45) is 4.99 Å². The molecule has 0 aliphatic heterocycles. The Morgan fingerprint density at radius 3 is 2.62 bits per heavy atom. The summed E-state index contributed by atoms with van der Waals surface area (Å²) in [5.41, 5.74) is 6.00. The van der Waals surface area contributed by atoms with Gasteiger partial charge >= 0.3 is 5.97 Å². The number of nitrogens with one attached hydrogen (secondary N) is 1. The topological polar surface area (TPSA) is 101 Å². The van der Waals surface area contributed by atoms with Crippen molar-refractivity contribution in [3.05, 3.63) is 53.2 Å². The summed E-state index contributed by atoms with van der Waals surface area (Å²) in [6.07, 6.45) is 6.73. The first kappa shape index (κ1) is 21.4. The van der Waals surface area contributed by atoms with Crippen LogP contribution >= 0.6 is 11.6 Å². The monoisotopic (exact) mass is 380 g/mol. The van der Waals surface area contributed by atoms with Crippen LogP contribution in [0.5, 0.6) is 0 Å². The van der Waals surface area contributed by atoms with Crippen LogP contribution in [-0.2, 0) is 4.79 Å². The number of hydrogen-bond donors (Lipinski definition) is 3. The molecule has 0 bridgehead atoms. The lowest BCUT2D eigenvalue weighted by Crippen LogP contribution is -2.45. The molecule has 0 radical (unpaired) electrons. The Bertz CT molecular complexity index is 798. The predicted octanol–water partition coefficient (Wildman–Crippen LogP) is 3.96. The minimum atomic E-state index is -1.41. The number of nitrogens with zero attached hydrogens (tertiary/aromatic N) is 2. The van der Waals surface area contributed by atoms with Crippen molar-refractivity contribution < 1.29 is 14.3 Å². The molecule has 0 aromatic carbocycles. The summed E-state index contributed by atoms with van der Waals surface area (Å²) in [6, 6.07) is 1.63. The Morgan fingerprint density at radius 1 is 1.46 bits per heavy atom. The molecule has 0 saturated carbocycles. The molecule has 1 rings (SSSR count). The van der Waals surface area contributed by atoms with Crippen LogP contribution < -0.4 is 11.1 Å². The highest BCUT2D eigenvalue weighted by molar-refractivity contribution is 6.33. The molecule has 0 atom stereocenters. The number of nitrogens with two attached hydrogens (primary N) is 1. The number of aliphatic carboxylic acids is 1. The Kier molecular flexibility index (Phi) is 7.52. The lowest BCUT2D eigenvalue weighted by molar-refractivity contribution is -0.143. The Hall–Kier alpha value is -2.67. The van der Waals surface area contributed by atoms with Gasteiger partial charge in [-0.05, 0) is 39.8 Å². The van der Waals surface area contributed by atoms with Crippen molar-refractivity contribution in [3.63, 3.8) is 0 Å². The summed E-state index contributed by atoms with van der Waals surface area (Å²) in [7, 11) is 0. The second-order valence-corrected chi connectivity index (χ2v) is 6.27. The van der Waals surface area contributed by atoms with Gasteiger partial charge in [0.25, 0.3) is 0 Å². The predicted molar refractivity (Wildman–Crippen MR) is 104 cm³/mol. The fraction of sp³-hybridized carbons (Fsp3) is 0.278. The van der Waals surface area contributed by atoms with E-state index in [-0.39, 0.29) is 18.0 Å². The highest BCUT2D eigenvalue weighted by Crippen LogP contribution is 2.25. The summed E-state index contributed by atoms with van der Waals surface area (Å²) < 4.78 is 13.3. The smallest absolute Gasteiger partial charge is 0.328 e. The normalized spacial score (nSPS) is 14.0. The van der Waals surface area contributed by atoms with Crippen LogP contribution in [0, 0.1) is 0 Å². The van der Waals surface area contributed by atoms with Crippen molar-refractivity contribution in [1.82, 2.24) is 10.3 Å². The van der Waals surface area contributed by atoms with Crippen molar-refractivity contribution in [2.75, 3.05) is 5.73 Å². The number of carboxylic acids is 1. The summed E-state index contributed by atoms with van der Waals surface area (Å²) in [5, 5.41) is 12.1. The van der Waals surface area contributed by atoms with Crippen molar-refractivity contribution in [1.29, 1.82) is 0 Å². The van der Waals surface area contributed by atoms with Crippen LogP contribution in [0.1, 0.15) is 33.3 Å². The van der Waals surface area contributed by atoms with E-state index in [0.29, 0.717) is 21.9 Å². The third-order valence-electron chi connectivity index (χ3n) is 3.38. The van der Waals surface area contributed by atoms with E-state index in [4.69, 9.17) is 17.3 Å². The molecule has 0 unspecified atom stereocenters. The van der Waals surface area contributed by atoms with Gasteiger partial charge in [-0.1, -0.05) is 23.8 Å². The Labute approximate surface area is 157 Å². The molecule has 0 aliphatic carbocycles. The SMILES string of the molecule is C/C=C\C(=NC(=C/F)/NC(C)(C)C(=O)O)/C(=C/C)c1cc(Cl)cnc1N. The molecule has 0 aliphatic rings. The lowest BCUT2D eigenvalue weighted by atomic mass is 10.0. The highest BCUT2D eigenvalue weighted by Gasteiger charge is 2.27. The number of halogens is 2. The molecule has 26 heavy (non-hydrogen) atoms. The molecule has 0 spiro atoms. The maximum atomic E-state index is 13.3. The van der Waals surface area contributed by atoms with Gasteiger partial charge in [0.05, 0.1) is 10.7 Å². The quantitative estimate of drug-likeness (QED) is 0.621. The number of carbonyl (C=O) groups is 1. The van der Waals surface area contributed by atoms with Gasteiger partial charge in [0.15, 0.2) is 5.82 Å². The van der Waals surface area contributed by atoms with E-state index < -0.39 is 11.5 Å². The molecule has 1 aromatic heterocycles. The number of hydrogen-bond acceptors (Lipinski definition) is 5. The summed E-state index contributed by atoms with van der Waals surface area (Å²) >= 11 is 6.00. The zero-order valence-electron chi connectivity index (χ0n) is 15.0. The molecule has 1 aromatic rings. The van der Waals surface area contributed by atoms with Gasteiger partial charge in [-0.15, -0.1) is 0 Å². The number of aromatic nitrogens is 1. The molecular formula is C18H22ClFN4O2. The van der Waals surface area contributed by atoms with E-state index in [0.717, 1.165) is 0 Å². The maximum absolute atomic E-state index is 13.3. The maximum Gasteiger partial charge on any atom is 0.328 e. The van der Waals surface area contributed by atoms with E-state index in [1.807, 2.05) is 0 Å². The largest absolute Gasteiger partial charge is 0.480 e. The first-order valence-electron chi connectivity index (χ1n) is 7.77. The minimum Gasteiger partial charge on any atom is -0.480 e. The molecule has 8 heteroatoms. The summed E-state index contributed by atoms with van der Waals surface area (Å²) in [5.74, 6) is -1.14. The van der Waals surface area contributed by atoms with Crippen LogP contribution in [0.25, 0.3) is 5.57 Å². The summed E-state index contributed by atoms with van der Waals surface area (Å²) in [6.45, 7) is 6.34. The van der Waals surface area contributed by atoms with Gasteiger partial charge in [0.2, 0.25) is 0 Å². The number of allylic oxidation sites excluding steroid dienone is 4. The second-order valence-electron chi connectivity index (χ2n) is 5.84. The van der Waals surface area contributed by atoms with Crippen molar-refractivity contribution in [3.8, 4) is 0 Å². The van der Waals surface area contributed by atoms with Crippen molar-refractivity contribution in [2.45, 2.75) is 33.2 Å². The average Bonchev–Trinajstić information content (AvgIpc) is 2.57. The van der Waals surface area contributed by atoms with E-state index in [2.05, 4.69) is 15.3 Å². The second kappa shape index (κ2) is 9.15. The average molecular weight is 381 g/mol. The third kappa shape index (κ3) is 5.42.